The molecule has 1 heterocycles. The van der Waals surface area contributed by atoms with Gasteiger partial charge in [-0.05, 0) is 31.2 Å². The van der Waals surface area contributed by atoms with Crippen LogP contribution in [-0.4, -0.2) is 38.2 Å². The van der Waals surface area contributed by atoms with Crippen LogP contribution in [0.15, 0.2) is 54.6 Å². The van der Waals surface area contributed by atoms with E-state index >= 15 is 0 Å². The molecule has 2 aromatic rings. The number of aryl methyl sites for hydroxylation is 1. The summed E-state index contributed by atoms with van der Waals surface area (Å²) in [6, 6.07) is 17.1. The number of benzene rings is 2. The quantitative estimate of drug-likeness (QED) is 0.739. The Balaban J connectivity index is 1.35. The van der Waals surface area contributed by atoms with Crippen molar-refractivity contribution < 1.29 is 14.3 Å². The molecule has 1 aliphatic rings. The molecule has 2 aromatic carbocycles. The summed E-state index contributed by atoms with van der Waals surface area (Å²) in [6.45, 7) is 3.94. The van der Waals surface area contributed by atoms with Crippen LogP contribution >= 0.6 is 0 Å². The highest BCUT2D eigenvalue weighted by molar-refractivity contribution is 5.95. The normalized spacial score (nSPS) is 16.3. The molecular formula is C21H25N3O3. The number of para-hydroxylation sites is 1. The molecule has 0 aromatic heterocycles. The molecule has 1 unspecified atom stereocenters. The van der Waals surface area contributed by atoms with Crippen molar-refractivity contribution in [2.45, 2.75) is 13.3 Å². The van der Waals surface area contributed by atoms with Crippen LogP contribution in [0.2, 0.25) is 0 Å². The number of amides is 3. The maximum Gasteiger partial charge on any atom is 0.314 e. The van der Waals surface area contributed by atoms with Gasteiger partial charge in [-0.25, -0.2) is 4.79 Å². The van der Waals surface area contributed by atoms with Crippen LogP contribution in [0.1, 0.15) is 12.0 Å². The van der Waals surface area contributed by atoms with Crippen LogP contribution in [-0.2, 0) is 4.79 Å². The van der Waals surface area contributed by atoms with Crippen molar-refractivity contribution in [2.75, 3.05) is 31.1 Å². The van der Waals surface area contributed by atoms with Crippen LogP contribution in [0.4, 0.5) is 10.5 Å². The number of rotatable bonds is 7. The molecule has 1 atom stereocenters. The van der Waals surface area contributed by atoms with E-state index in [0.717, 1.165) is 17.0 Å². The van der Waals surface area contributed by atoms with E-state index < -0.39 is 0 Å². The van der Waals surface area contributed by atoms with Gasteiger partial charge in [0.25, 0.3) is 0 Å². The lowest BCUT2D eigenvalue weighted by Gasteiger charge is -2.17. The first-order valence-electron chi connectivity index (χ1n) is 9.18. The number of carbonyl (C=O) groups excluding carboxylic acids is 2. The fourth-order valence-corrected chi connectivity index (χ4v) is 3.04. The largest absolute Gasteiger partial charge is 0.492 e. The Morgan fingerprint density at radius 3 is 2.59 bits per heavy atom. The van der Waals surface area contributed by atoms with Crippen molar-refractivity contribution in [1.82, 2.24) is 10.6 Å². The van der Waals surface area contributed by atoms with E-state index in [1.165, 1.54) is 0 Å². The molecule has 0 bridgehead atoms. The number of urea groups is 1. The maximum atomic E-state index is 12.2. The molecule has 0 aliphatic carbocycles. The van der Waals surface area contributed by atoms with Crippen molar-refractivity contribution in [3.63, 3.8) is 0 Å². The number of hydrogen-bond acceptors (Lipinski definition) is 3. The molecule has 142 valence electrons. The molecule has 3 amide bonds. The molecule has 1 saturated heterocycles. The van der Waals surface area contributed by atoms with Gasteiger partial charge in [0.2, 0.25) is 5.91 Å². The number of nitrogens with zero attached hydrogens (tertiary/aromatic N) is 1. The Bertz CT molecular complexity index is 762. The zero-order valence-electron chi connectivity index (χ0n) is 15.5. The summed E-state index contributed by atoms with van der Waals surface area (Å²) < 4.78 is 5.53. The molecule has 3 rings (SSSR count). The van der Waals surface area contributed by atoms with Gasteiger partial charge in [0.1, 0.15) is 12.4 Å². The number of hydrogen-bond donors (Lipinski definition) is 2. The standard InChI is InChI=1S/C21H25N3O3/c1-16-7-9-18(10-8-16)24-15-17(13-20(24)25)14-23-21(26)22-11-12-27-19-5-3-2-4-6-19/h2-10,17H,11-15H2,1H3,(H2,22,23,26). The Morgan fingerprint density at radius 2 is 1.85 bits per heavy atom. The minimum atomic E-state index is -0.243. The lowest BCUT2D eigenvalue weighted by molar-refractivity contribution is -0.117. The second kappa shape index (κ2) is 9.07. The van der Waals surface area contributed by atoms with Gasteiger partial charge in [-0.3, -0.25) is 4.79 Å². The molecule has 1 fully saturated rings. The van der Waals surface area contributed by atoms with Crippen LogP contribution in [0.3, 0.4) is 0 Å². The first kappa shape index (κ1) is 18.8. The summed E-state index contributed by atoms with van der Waals surface area (Å²) >= 11 is 0. The van der Waals surface area contributed by atoms with E-state index in [1.807, 2.05) is 61.5 Å². The first-order valence-corrected chi connectivity index (χ1v) is 9.18. The summed E-state index contributed by atoms with van der Waals surface area (Å²) in [7, 11) is 0. The molecular weight excluding hydrogens is 342 g/mol. The Kier molecular flexibility index (Phi) is 6.30. The molecule has 6 heteroatoms. The summed E-state index contributed by atoms with van der Waals surface area (Å²) in [4.78, 5) is 25.9. The van der Waals surface area contributed by atoms with E-state index in [9.17, 15) is 9.59 Å². The highest BCUT2D eigenvalue weighted by atomic mass is 16.5. The third kappa shape index (κ3) is 5.48. The average Bonchev–Trinajstić information content (AvgIpc) is 3.06. The molecule has 1 aliphatic heterocycles. The van der Waals surface area contributed by atoms with Crippen molar-refractivity contribution in [1.29, 1.82) is 0 Å². The molecule has 6 nitrogen and oxygen atoms in total. The highest BCUT2D eigenvalue weighted by Gasteiger charge is 2.30. The van der Waals surface area contributed by atoms with Crippen molar-refractivity contribution >= 4 is 17.6 Å². The SMILES string of the molecule is Cc1ccc(N2CC(CNC(=O)NCCOc3ccccc3)CC2=O)cc1. The van der Waals surface area contributed by atoms with Gasteiger partial charge in [0, 0.05) is 31.1 Å². The van der Waals surface area contributed by atoms with E-state index in [2.05, 4.69) is 10.6 Å². The van der Waals surface area contributed by atoms with E-state index in [0.29, 0.717) is 32.7 Å². The predicted molar refractivity (Wildman–Crippen MR) is 105 cm³/mol. The fraction of sp³-hybridized carbons (Fsp3) is 0.333. The molecule has 2 N–H and O–H groups in total. The van der Waals surface area contributed by atoms with Gasteiger partial charge in [0.05, 0.1) is 6.54 Å². The monoisotopic (exact) mass is 367 g/mol. The second-order valence-electron chi connectivity index (χ2n) is 6.71. The molecule has 0 saturated carbocycles. The van der Waals surface area contributed by atoms with Gasteiger partial charge in [-0.15, -0.1) is 0 Å². The summed E-state index contributed by atoms with van der Waals surface area (Å²) in [5.74, 6) is 0.993. The van der Waals surface area contributed by atoms with Gasteiger partial charge in [-0.1, -0.05) is 35.9 Å². The summed E-state index contributed by atoms with van der Waals surface area (Å²) in [5.41, 5.74) is 2.08. The van der Waals surface area contributed by atoms with Crippen molar-refractivity contribution in [3.05, 3.63) is 60.2 Å². The van der Waals surface area contributed by atoms with E-state index in [-0.39, 0.29) is 17.9 Å². The Morgan fingerprint density at radius 1 is 1.11 bits per heavy atom. The van der Waals surface area contributed by atoms with Crippen molar-refractivity contribution in [2.24, 2.45) is 5.92 Å². The molecule has 27 heavy (non-hydrogen) atoms. The second-order valence-corrected chi connectivity index (χ2v) is 6.71. The van der Waals surface area contributed by atoms with Gasteiger partial charge < -0.3 is 20.3 Å². The van der Waals surface area contributed by atoms with Crippen LogP contribution in [0.5, 0.6) is 5.75 Å². The molecule has 0 spiro atoms. The van der Waals surface area contributed by atoms with E-state index in [1.54, 1.807) is 4.90 Å². The van der Waals surface area contributed by atoms with Crippen LogP contribution < -0.4 is 20.3 Å². The Hall–Kier alpha value is -3.02. The smallest absolute Gasteiger partial charge is 0.314 e. The lowest BCUT2D eigenvalue weighted by Crippen LogP contribution is -2.40. The topological polar surface area (TPSA) is 70.7 Å². The number of carbonyl (C=O) groups is 2. The number of nitrogens with one attached hydrogen (secondary N) is 2. The van der Waals surface area contributed by atoms with Crippen molar-refractivity contribution in [3.8, 4) is 5.75 Å². The van der Waals surface area contributed by atoms with Gasteiger partial charge >= 0.3 is 6.03 Å². The van der Waals surface area contributed by atoms with Crippen LogP contribution in [0, 0.1) is 12.8 Å². The number of ether oxygens (including phenoxy) is 1. The van der Waals surface area contributed by atoms with Gasteiger partial charge in [0.15, 0.2) is 0 Å². The molecule has 0 radical (unpaired) electrons. The lowest BCUT2D eigenvalue weighted by atomic mass is 10.1. The predicted octanol–water partition coefficient (Wildman–Crippen LogP) is 2.73. The van der Waals surface area contributed by atoms with Crippen LogP contribution in [0.25, 0.3) is 0 Å². The third-order valence-corrected chi connectivity index (χ3v) is 4.50. The maximum absolute atomic E-state index is 12.2. The zero-order chi connectivity index (χ0) is 19.1. The fourth-order valence-electron chi connectivity index (χ4n) is 3.04. The Labute approximate surface area is 159 Å². The minimum Gasteiger partial charge on any atom is -0.492 e. The zero-order valence-corrected chi connectivity index (χ0v) is 15.5. The first-order chi connectivity index (χ1) is 13.1. The van der Waals surface area contributed by atoms with Gasteiger partial charge in [-0.2, -0.15) is 0 Å². The highest BCUT2D eigenvalue weighted by Crippen LogP contribution is 2.24. The average molecular weight is 367 g/mol. The number of anilines is 1. The van der Waals surface area contributed by atoms with E-state index in [4.69, 9.17) is 4.74 Å². The third-order valence-electron chi connectivity index (χ3n) is 4.50. The minimum absolute atomic E-state index is 0.0994. The summed E-state index contributed by atoms with van der Waals surface area (Å²) in [6.07, 6.45) is 0.450. The summed E-state index contributed by atoms with van der Waals surface area (Å²) in [5, 5.41) is 5.60.